The first-order chi connectivity index (χ1) is 24.0. The Hall–Kier alpha value is -2.89. The molecule has 0 aliphatic rings. The molecule has 0 fully saturated rings. The number of esters is 1. The second-order valence-electron chi connectivity index (χ2n) is 13.2. The van der Waals surface area contributed by atoms with Crippen molar-refractivity contribution in [2.24, 2.45) is 0 Å². The highest BCUT2D eigenvalue weighted by Crippen LogP contribution is 2.18. The number of allylic oxidation sites excluding steroid dienone is 10. The molecule has 0 bridgehead atoms. The summed E-state index contributed by atoms with van der Waals surface area (Å²) in [4.78, 5) is 34.9. The Labute approximate surface area is 301 Å². The standard InChI is InChI=1S/C43H73NO5/c1-3-5-7-9-11-13-15-16-17-18-19-20-21-23-25-30-34-38-43(48)49-40(35-31-27-24-22-14-12-10-8-6-4-2)36-32-28-26-29-33-37-41(45)44-39-42(46)47/h5,7,11,13,16-17,19-20,23,25,40H,3-4,6,8-10,12,14-15,18,21-22,24,26-39H2,1-2H3,(H,44,45)(H,46,47)/b7-5-,13-11-,17-16-,20-19-,25-23-. The third kappa shape index (κ3) is 37.8. The van der Waals surface area contributed by atoms with Gasteiger partial charge in [-0.05, 0) is 77.0 Å². The van der Waals surface area contributed by atoms with Gasteiger partial charge in [0.05, 0.1) is 0 Å². The first-order valence-electron chi connectivity index (χ1n) is 19.9. The first-order valence-corrected chi connectivity index (χ1v) is 19.9. The van der Waals surface area contributed by atoms with Crippen LogP contribution in [-0.4, -0.2) is 35.6 Å². The molecule has 0 radical (unpaired) electrons. The number of nitrogens with one attached hydrogen (secondary N) is 1. The molecular formula is C43H73NO5. The maximum absolute atomic E-state index is 12.7. The Morgan fingerprint density at radius 3 is 1.49 bits per heavy atom. The molecule has 2 N–H and O–H groups in total. The number of carbonyl (C=O) groups is 3. The van der Waals surface area contributed by atoms with E-state index in [1.165, 1.54) is 57.8 Å². The minimum Gasteiger partial charge on any atom is -0.480 e. The van der Waals surface area contributed by atoms with Crippen LogP contribution in [0.25, 0.3) is 0 Å². The molecule has 0 heterocycles. The van der Waals surface area contributed by atoms with Crippen LogP contribution in [0.15, 0.2) is 60.8 Å². The minimum absolute atomic E-state index is 0.00274. The number of hydrogen-bond donors (Lipinski definition) is 2. The van der Waals surface area contributed by atoms with Crippen LogP contribution in [0.1, 0.15) is 181 Å². The van der Waals surface area contributed by atoms with Crippen LogP contribution in [-0.2, 0) is 19.1 Å². The Balaban J connectivity index is 4.27. The van der Waals surface area contributed by atoms with Crippen LogP contribution in [0.4, 0.5) is 0 Å². The lowest BCUT2D eigenvalue weighted by Crippen LogP contribution is -2.28. The highest BCUT2D eigenvalue weighted by Gasteiger charge is 2.14. The number of carboxylic acids is 1. The zero-order valence-electron chi connectivity index (χ0n) is 31.5. The molecule has 0 aromatic heterocycles. The number of ether oxygens (including phenoxy) is 1. The number of carbonyl (C=O) groups excluding carboxylic acids is 2. The molecule has 49 heavy (non-hydrogen) atoms. The molecule has 0 rings (SSSR count). The molecule has 280 valence electrons. The lowest BCUT2D eigenvalue weighted by Gasteiger charge is -2.18. The highest BCUT2D eigenvalue weighted by molar-refractivity contribution is 5.80. The lowest BCUT2D eigenvalue weighted by atomic mass is 10.0. The van der Waals surface area contributed by atoms with Gasteiger partial charge in [0.25, 0.3) is 0 Å². The van der Waals surface area contributed by atoms with Crippen molar-refractivity contribution in [3.05, 3.63) is 60.8 Å². The topological polar surface area (TPSA) is 92.7 Å². The van der Waals surface area contributed by atoms with Crippen LogP contribution in [0.3, 0.4) is 0 Å². The van der Waals surface area contributed by atoms with E-state index in [4.69, 9.17) is 9.84 Å². The van der Waals surface area contributed by atoms with E-state index in [1.54, 1.807) is 0 Å². The Kier molecular flexibility index (Phi) is 35.7. The molecule has 0 saturated heterocycles. The molecule has 0 aliphatic heterocycles. The van der Waals surface area contributed by atoms with Gasteiger partial charge in [-0.25, -0.2) is 0 Å². The summed E-state index contributed by atoms with van der Waals surface area (Å²) in [7, 11) is 0. The SMILES string of the molecule is CC/C=C\C/C=C\C/C=C\C/C=C\C/C=C\CCCC(=O)OC(CCCCCCCCCCCC)CCCCCCCC(=O)NCC(=O)O. The Morgan fingerprint density at radius 1 is 0.551 bits per heavy atom. The summed E-state index contributed by atoms with van der Waals surface area (Å²) < 4.78 is 5.98. The van der Waals surface area contributed by atoms with E-state index in [1.807, 2.05) is 0 Å². The lowest BCUT2D eigenvalue weighted by molar-refractivity contribution is -0.150. The molecule has 1 atom stereocenters. The van der Waals surface area contributed by atoms with E-state index in [-0.39, 0.29) is 24.5 Å². The van der Waals surface area contributed by atoms with Crippen molar-refractivity contribution in [1.82, 2.24) is 5.32 Å². The molecular weight excluding hydrogens is 610 g/mol. The van der Waals surface area contributed by atoms with Gasteiger partial charge in [-0.2, -0.15) is 0 Å². The monoisotopic (exact) mass is 684 g/mol. The number of amides is 1. The van der Waals surface area contributed by atoms with Gasteiger partial charge < -0.3 is 15.2 Å². The summed E-state index contributed by atoms with van der Waals surface area (Å²) in [5.41, 5.74) is 0. The van der Waals surface area contributed by atoms with Crippen LogP contribution in [0, 0.1) is 0 Å². The van der Waals surface area contributed by atoms with Crippen molar-refractivity contribution in [2.45, 2.75) is 187 Å². The van der Waals surface area contributed by atoms with Crippen molar-refractivity contribution in [3.63, 3.8) is 0 Å². The average molecular weight is 684 g/mol. The van der Waals surface area contributed by atoms with Crippen LogP contribution in [0.2, 0.25) is 0 Å². The fourth-order valence-corrected chi connectivity index (χ4v) is 5.55. The fraction of sp³-hybridized carbons (Fsp3) is 0.698. The zero-order chi connectivity index (χ0) is 35.9. The Morgan fingerprint density at radius 2 is 1.00 bits per heavy atom. The van der Waals surface area contributed by atoms with Gasteiger partial charge in [0.15, 0.2) is 0 Å². The first kappa shape index (κ1) is 46.1. The smallest absolute Gasteiger partial charge is 0.322 e. The maximum atomic E-state index is 12.7. The average Bonchev–Trinajstić information content (AvgIpc) is 3.08. The predicted octanol–water partition coefficient (Wildman–Crippen LogP) is 12.1. The maximum Gasteiger partial charge on any atom is 0.322 e. The van der Waals surface area contributed by atoms with E-state index in [9.17, 15) is 14.4 Å². The summed E-state index contributed by atoms with van der Waals surface area (Å²) in [5, 5.41) is 11.1. The van der Waals surface area contributed by atoms with Crippen molar-refractivity contribution in [1.29, 1.82) is 0 Å². The summed E-state index contributed by atoms with van der Waals surface area (Å²) in [5.74, 6) is -1.30. The molecule has 6 heteroatoms. The van der Waals surface area contributed by atoms with Gasteiger partial charge in [0, 0.05) is 12.8 Å². The van der Waals surface area contributed by atoms with Crippen molar-refractivity contribution in [3.8, 4) is 0 Å². The van der Waals surface area contributed by atoms with Crippen molar-refractivity contribution >= 4 is 17.8 Å². The molecule has 0 spiro atoms. The van der Waals surface area contributed by atoms with Crippen LogP contribution in [0.5, 0.6) is 0 Å². The fourth-order valence-electron chi connectivity index (χ4n) is 5.55. The molecule has 0 saturated carbocycles. The zero-order valence-corrected chi connectivity index (χ0v) is 31.5. The van der Waals surface area contributed by atoms with Gasteiger partial charge in [-0.1, -0.05) is 152 Å². The molecule has 1 unspecified atom stereocenters. The van der Waals surface area contributed by atoms with E-state index < -0.39 is 5.97 Å². The van der Waals surface area contributed by atoms with Crippen molar-refractivity contribution in [2.75, 3.05) is 6.54 Å². The second-order valence-corrected chi connectivity index (χ2v) is 13.2. The number of hydrogen-bond acceptors (Lipinski definition) is 4. The summed E-state index contributed by atoms with van der Waals surface area (Å²) in [6.07, 6.45) is 49.1. The normalized spacial score (nSPS) is 12.7. The van der Waals surface area contributed by atoms with Gasteiger partial charge >= 0.3 is 11.9 Å². The highest BCUT2D eigenvalue weighted by atomic mass is 16.5. The van der Waals surface area contributed by atoms with Crippen LogP contribution >= 0.6 is 0 Å². The summed E-state index contributed by atoms with van der Waals surface area (Å²) in [6, 6.07) is 0. The van der Waals surface area contributed by atoms with Gasteiger partial charge in [-0.3, -0.25) is 14.4 Å². The number of aliphatic carboxylic acids is 1. The largest absolute Gasteiger partial charge is 0.480 e. The molecule has 0 aromatic rings. The molecule has 0 aromatic carbocycles. The molecule has 1 amide bonds. The number of carboxylic acid groups (broad SMARTS) is 1. The van der Waals surface area contributed by atoms with E-state index in [0.29, 0.717) is 12.8 Å². The third-order valence-electron chi connectivity index (χ3n) is 8.45. The Bertz CT molecular complexity index is 933. The van der Waals surface area contributed by atoms with E-state index >= 15 is 0 Å². The minimum atomic E-state index is -1.02. The van der Waals surface area contributed by atoms with E-state index in [0.717, 1.165) is 96.3 Å². The third-order valence-corrected chi connectivity index (χ3v) is 8.45. The quantitative estimate of drug-likeness (QED) is 0.0394. The predicted molar refractivity (Wildman–Crippen MR) is 208 cm³/mol. The van der Waals surface area contributed by atoms with Crippen molar-refractivity contribution < 1.29 is 24.2 Å². The van der Waals surface area contributed by atoms with Gasteiger partial charge in [-0.15, -0.1) is 0 Å². The number of rotatable bonds is 35. The molecule has 0 aliphatic carbocycles. The molecule has 6 nitrogen and oxygen atoms in total. The van der Waals surface area contributed by atoms with E-state index in [2.05, 4.69) is 79.9 Å². The summed E-state index contributed by atoms with van der Waals surface area (Å²) >= 11 is 0. The van der Waals surface area contributed by atoms with Gasteiger partial charge in [0.1, 0.15) is 12.6 Å². The second kappa shape index (κ2) is 37.9. The summed E-state index contributed by atoms with van der Waals surface area (Å²) in [6.45, 7) is 4.09. The number of unbranched alkanes of at least 4 members (excludes halogenated alkanes) is 14. The van der Waals surface area contributed by atoms with Gasteiger partial charge in [0.2, 0.25) is 5.91 Å². The van der Waals surface area contributed by atoms with Crippen LogP contribution < -0.4 is 5.32 Å².